The van der Waals surface area contributed by atoms with E-state index in [0.717, 1.165) is 29.8 Å². The maximum absolute atomic E-state index is 10.8. The lowest BCUT2D eigenvalue weighted by atomic mass is 10.0. The highest BCUT2D eigenvalue weighted by Crippen LogP contribution is 2.41. The highest BCUT2D eigenvalue weighted by molar-refractivity contribution is 5.67. The summed E-state index contributed by atoms with van der Waals surface area (Å²) in [5.74, 6) is 0.00445. The first kappa shape index (κ1) is 22.7. The number of nitrogens with zero attached hydrogens (tertiary/aromatic N) is 1. The van der Waals surface area contributed by atoms with Crippen LogP contribution in [0.1, 0.15) is 40.3 Å². The van der Waals surface area contributed by atoms with E-state index < -0.39 is 5.97 Å². The summed E-state index contributed by atoms with van der Waals surface area (Å²) in [5, 5.41) is 8.84. The molecular formula is C31H29NO3. The largest absolute Gasteiger partial charge is 0.489 e. The van der Waals surface area contributed by atoms with Crippen LogP contribution in [0.2, 0.25) is 0 Å². The average molecular weight is 464 g/mol. The maximum atomic E-state index is 10.8. The number of hydrogen-bond acceptors (Lipinski definition) is 3. The first-order valence-electron chi connectivity index (χ1n) is 12.1. The molecule has 0 bridgehead atoms. The van der Waals surface area contributed by atoms with E-state index in [4.69, 9.17) is 9.84 Å². The number of carbonyl (C=O) groups is 1. The van der Waals surface area contributed by atoms with Gasteiger partial charge in [0.05, 0.1) is 6.04 Å². The molecule has 0 saturated carbocycles. The summed E-state index contributed by atoms with van der Waals surface area (Å²) in [6.07, 6.45) is 1.69. The molecule has 1 aliphatic rings. The summed E-state index contributed by atoms with van der Waals surface area (Å²) in [6.45, 7) is 1.32. The number of ether oxygens (including phenoxy) is 1. The molecule has 1 heterocycles. The smallest absolute Gasteiger partial charge is 0.303 e. The summed E-state index contributed by atoms with van der Waals surface area (Å²) in [7, 11) is 0. The zero-order valence-electron chi connectivity index (χ0n) is 19.6. The standard InChI is InChI=1S/C31H29NO3/c33-31(34)18-15-23-13-16-28(17-14-23)35-22-25-8-6-7-24(19-25)21-32-29-12-5-4-11-27(29)20-30(32)26-9-2-1-3-10-26/h1-14,16-17,19,30H,15,18,20-22H2,(H,33,34). The van der Waals surface area contributed by atoms with Crippen molar-refractivity contribution in [2.45, 2.75) is 38.5 Å². The average Bonchev–Trinajstić information content (AvgIpc) is 3.26. The second kappa shape index (κ2) is 10.5. The van der Waals surface area contributed by atoms with Gasteiger partial charge < -0.3 is 14.7 Å². The maximum Gasteiger partial charge on any atom is 0.303 e. The van der Waals surface area contributed by atoms with Gasteiger partial charge in [-0.15, -0.1) is 0 Å². The van der Waals surface area contributed by atoms with Crippen LogP contribution >= 0.6 is 0 Å². The first-order chi connectivity index (χ1) is 17.2. The molecule has 1 N–H and O–H groups in total. The number of benzene rings is 4. The molecule has 0 spiro atoms. The molecule has 1 atom stereocenters. The Hall–Kier alpha value is -4.05. The van der Waals surface area contributed by atoms with Gasteiger partial charge in [-0.25, -0.2) is 0 Å². The van der Waals surface area contributed by atoms with E-state index in [1.54, 1.807) is 0 Å². The van der Waals surface area contributed by atoms with Crippen molar-refractivity contribution in [3.05, 3.63) is 131 Å². The van der Waals surface area contributed by atoms with E-state index in [1.807, 2.05) is 24.3 Å². The highest BCUT2D eigenvalue weighted by atomic mass is 16.5. The summed E-state index contributed by atoms with van der Waals surface area (Å²) >= 11 is 0. The number of rotatable bonds is 9. The first-order valence-corrected chi connectivity index (χ1v) is 12.1. The lowest BCUT2D eigenvalue weighted by Gasteiger charge is -2.28. The number of hydrogen-bond donors (Lipinski definition) is 1. The summed E-state index contributed by atoms with van der Waals surface area (Å²) in [6, 6.07) is 36.1. The van der Waals surface area contributed by atoms with Crippen molar-refractivity contribution in [1.29, 1.82) is 0 Å². The molecule has 5 rings (SSSR count). The third-order valence-electron chi connectivity index (χ3n) is 6.58. The van der Waals surface area contributed by atoms with Crippen molar-refractivity contribution in [1.82, 2.24) is 0 Å². The Balaban J connectivity index is 1.27. The molecule has 4 aromatic rings. The van der Waals surface area contributed by atoms with Crippen LogP contribution in [0.3, 0.4) is 0 Å². The van der Waals surface area contributed by atoms with E-state index in [2.05, 4.69) is 83.8 Å². The van der Waals surface area contributed by atoms with Gasteiger partial charge in [0.2, 0.25) is 0 Å². The fraction of sp³-hybridized carbons (Fsp3) is 0.194. The summed E-state index contributed by atoms with van der Waals surface area (Å²) in [4.78, 5) is 13.3. The predicted octanol–water partition coefficient (Wildman–Crippen LogP) is 6.59. The van der Waals surface area contributed by atoms with Gasteiger partial charge in [0.1, 0.15) is 12.4 Å². The van der Waals surface area contributed by atoms with Gasteiger partial charge >= 0.3 is 5.97 Å². The van der Waals surface area contributed by atoms with Crippen LogP contribution in [0.5, 0.6) is 5.75 Å². The van der Waals surface area contributed by atoms with E-state index in [0.29, 0.717) is 19.1 Å². The van der Waals surface area contributed by atoms with Gasteiger partial charge in [-0.2, -0.15) is 0 Å². The normalized spacial score (nSPS) is 14.5. The van der Waals surface area contributed by atoms with E-state index in [9.17, 15) is 4.79 Å². The van der Waals surface area contributed by atoms with Gasteiger partial charge in [0, 0.05) is 18.7 Å². The van der Waals surface area contributed by atoms with Crippen LogP contribution in [0.25, 0.3) is 0 Å². The monoisotopic (exact) mass is 463 g/mol. The highest BCUT2D eigenvalue weighted by Gasteiger charge is 2.30. The summed E-state index contributed by atoms with van der Waals surface area (Å²) in [5.41, 5.74) is 7.43. The summed E-state index contributed by atoms with van der Waals surface area (Å²) < 4.78 is 6.01. The number of carboxylic acid groups (broad SMARTS) is 1. The minimum Gasteiger partial charge on any atom is -0.489 e. The Bertz CT molecular complexity index is 1280. The van der Waals surface area contributed by atoms with Crippen LogP contribution in [0.4, 0.5) is 5.69 Å². The minimum absolute atomic E-state index is 0.139. The zero-order valence-corrected chi connectivity index (χ0v) is 19.6. The molecule has 0 aliphatic carbocycles. The third kappa shape index (κ3) is 5.55. The minimum atomic E-state index is -0.780. The van der Waals surface area contributed by atoms with Gasteiger partial charge in [0.25, 0.3) is 0 Å². The van der Waals surface area contributed by atoms with Crippen molar-refractivity contribution in [2.24, 2.45) is 0 Å². The van der Waals surface area contributed by atoms with E-state index >= 15 is 0 Å². The third-order valence-corrected chi connectivity index (χ3v) is 6.58. The fourth-order valence-corrected chi connectivity index (χ4v) is 4.80. The van der Waals surface area contributed by atoms with Crippen molar-refractivity contribution >= 4 is 11.7 Å². The van der Waals surface area contributed by atoms with Crippen molar-refractivity contribution in [3.63, 3.8) is 0 Å². The van der Waals surface area contributed by atoms with Crippen LogP contribution in [-0.2, 0) is 30.8 Å². The van der Waals surface area contributed by atoms with Crippen molar-refractivity contribution < 1.29 is 14.6 Å². The van der Waals surface area contributed by atoms with Gasteiger partial charge in [-0.1, -0.05) is 84.9 Å². The van der Waals surface area contributed by atoms with Crippen LogP contribution in [-0.4, -0.2) is 11.1 Å². The topological polar surface area (TPSA) is 49.8 Å². The Labute approximate surface area is 206 Å². The lowest BCUT2D eigenvalue weighted by Crippen LogP contribution is -2.24. The molecule has 35 heavy (non-hydrogen) atoms. The molecule has 4 nitrogen and oxygen atoms in total. The molecular weight excluding hydrogens is 434 g/mol. The molecule has 1 unspecified atom stereocenters. The Morgan fingerprint density at radius 3 is 2.37 bits per heavy atom. The number of fused-ring (bicyclic) bond motifs is 1. The molecule has 4 heteroatoms. The molecule has 1 aliphatic heterocycles. The van der Waals surface area contributed by atoms with E-state index in [-0.39, 0.29) is 6.42 Å². The molecule has 0 fully saturated rings. The SMILES string of the molecule is O=C(O)CCc1ccc(OCc2cccc(CN3c4ccccc4CC3c3ccccc3)c2)cc1. The quantitative estimate of drug-likeness (QED) is 0.304. The van der Waals surface area contributed by atoms with E-state index in [1.165, 1.54) is 22.4 Å². The molecule has 0 saturated heterocycles. The number of carboxylic acids is 1. The fourth-order valence-electron chi connectivity index (χ4n) is 4.80. The second-order valence-corrected chi connectivity index (χ2v) is 9.03. The van der Waals surface area contributed by atoms with Crippen LogP contribution in [0.15, 0.2) is 103 Å². The van der Waals surface area contributed by atoms with Crippen LogP contribution < -0.4 is 9.64 Å². The molecule has 0 radical (unpaired) electrons. The Morgan fingerprint density at radius 2 is 1.57 bits per heavy atom. The predicted molar refractivity (Wildman–Crippen MR) is 139 cm³/mol. The number of aryl methyl sites for hydroxylation is 1. The molecule has 176 valence electrons. The van der Waals surface area contributed by atoms with Crippen molar-refractivity contribution in [2.75, 3.05) is 4.90 Å². The zero-order chi connectivity index (χ0) is 24.0. The number of aliphatic carboxylic acids is 1. The van der Waals surface area contributed by atoms with Crippen LogP contribution in [0, 0.1) is 0 Å². The van der Waals surface area contributed by atoms with Gasteiger partial charge in [0.15, 0.2) is 0 Å². The van der Waals surface area contributed by atoms with Gasteiger partial charge in [-0.05, 0) is 58.9 Å². The lowest BCUT2D eigenvalue weighted by molar-refractivity contribution is -0.136. The second-order valence-electron chi connectivity index (χ2n) is 9.03. The Kier molecular flexibility index (Phi) is 6.80. The molecule has 4 aromatic carbocycles. The Morgan fingerprint density at radius 1 is 0.829 bits per heavy atom. The molecule has 0 amide bonds. The number of para-hydroxylation sites is 1. The molecule has 0 aromatic heterocycles. The number of anilines is 1. The van der Waals surface area contributed by atoms with Crippen molar-refractivity contribution in [3.8, 4) is 5.75 Å². The van der Waals surface area contributed by atoms with Gasteiger partial charge in [-0.3, -0.25) is 4.79 Å².